The zero-order valence-corrected chi connectivity index (χ0v) is 18.4. The minimum Gasteiger partial charge on any atom is -0.497 e. The van der Waals surface area contributed by atoms with Crippen LogP contribution in [0.4, 0.5) is 5.95 Å². The molecule has 31 heavy (non-hydrogen) atoms. The monoisotopic (exact) mass is 423 g/mol. The molecule has 0 saturated carbocycles. The lowest BCUT2D eigenvalue weighted by molar-refractivity contribution is -0.129. The molecule has 2 aliphatic heterocycles. The summed E-state index contributed by atoms with van der Waals surface area (Å²) in [6.07, 6.45) is 8.52. The van der Waals surface area contributed by atoms with Gasteiger partial charge in [-0.1, -0.05) is 12.1 Å². The van der Waals surface area contributed by atoms with Gasteiger partial charge in [-0.25, -0.2) is 9.97 Å². The molecule has 4 rings (SSSR count). The molecule has 3 heterocycles. The van der Waals surface area contributed by atoms with Gasteiger partial charge >= 0.3 is 0 Å². The van der Waals surface area contributed by atoms with Gasteiger partial charge < -0.3 is 19.9 Å². The number of anilines is 1. The third kappa shape index (κ3) is 5.73. The van der Waals surface area contributed by atoms with E-state index in [2.05, 4.69) is 37.2 Å². The molecule has 2 aromatic rings. The van der Waals surface area contributed by atoms with Gasteiger partial charge in [0.15, 0.2) is 0 Å². The molecular weight excluding hydrogens is 390 g/mol. The summed E-state index contributed by atoms with van der Waals surface area (Å²) < 4.78 is 5.29. The first-order chi connectivity index (χ1) is 15.2. The van der Waals surface area contributed by atoms with Crippen molar-refractivity contribution in [2.45, 2.75) is 44.7 Å². The molecule has 2 saturated heterocycles. The molecule has 2 fully saturated rings. The Hall–Kier alpha value is -2.67. The van der Waals surface area contributed by atoms with Gasteiger partial charge in [-0.15, -0.1) is 0 Å². The van der Waals surface area contributed by atoms with E-state index in [1.807, 2.05) is 18.2 Å². The van der Waals surface area contributed by atoms with Crippen LogP contribution in [0.2, 0.25) is 0 Å². The largest absolute Gasteiger partial charge is 0.497 e. The maximum atomic E-state index is 12.6. The molecule has 7 heteroatoms. The van der Waals surface area contributed by atoms with Gasteiger partial charge in [-0.2, -0.15) is 0 Å². The Bertz CT molecular complexity index is 847. The van der Waals surface area contributed by atoms with E-state index >= 15 is 0 Å². The first-order valence-corrected chi connectivity index (χ1v) is 11.4. The standard InChI is InChI=1S/C24H33N5O2/c1-31-22-7-2-5-19(15-22)16-25-13-10-21-8-9-23(30)29(21)18-20-6-3-14-28(17-20)24-26-11-4-12-27-24/h2,4-5,7,11-12,15,20-21,25H,3,6,8-10,13-14,16-18H2,1H3. The molecule has 1 aromatic carbocycles. The number of nitrogens with one attached hydrogen (secondary N) is 1. The number of benzene rings is 1. The number of carbonyl (C=O) groups excluding carboxylic acids is 1. The lowest BCUT2D eigenvalue weighted by Crippen LogP contribution is -2.44. The quantitative estimate of drug-likeness (QED) is 0.626. The number of amides is 1. The van der Waals surface area contributed by atoms with Crippen molar-refractivity contribution in [1.82, 2.24) is 20.2 Å². The lowest BCUT2D eigenvalue weighted by atomic mass is 9.97. The molecule has 0 aliphatic carbocycles. The van der Waals surface area contributed by atoms with E-state index in [0.717, 1.165) is 70.1 Å². The number of hydrogen-bond donors (Lipinski definition) is 1. The van der Waals surface area contributed by atoms with Crippen molar-refractivity contribution in [3.63, 3.8) is 0 Å². The zero-order chi connectivity index (χ0) is 21.5. The third-order valence-electron chi connectivity index (χ3n) is 6.38. The van der Waals surface area contributed by atoms with Crippen LogP contribution in [-0.2, 0) is 11.3 Å². The van der Waals surface area contributed by atoms with E-state index in [9.17, 15) is 4.79 Å². The lowest BCUT2D eigenvalue weighted by Gasteiger charge is -2.36. The molecular formula is C24H33N5O2. The van der Waals surface area contributed by atoms with E-state index in [4.69, 9.17) is 4.74 Å². The Balaban J connectivity index is 1.26. The molecule has 0 bridgehead atoms. The van der Waals surface area contributed by atoms with E-state index in [-0.39, 0.29) is 0 Å². The molecule has 0 spiro atoms. The summed E-state index contributed by atoms with van der Waals surface area (Å²) >= 11 is 0. The number of nitrogens with zero attached hydrogens (tertiary/aromatic N) is 4. The minimum absolute atomic E-state index is 0.311. The smallest absolute Gasteiger partial charge is 0.225 e. The highest BCUT2D eigenvalue weighted by atomic mass is 16.5. The van der Waals surface area contributed by atoms with Crippen molar-refractivity contribution in [3.8, 4) is 5.75 Å². The van der Waals surface area contributed by atoms with Crippen molar-refractivity contribution in [3.05, 3.63) is 48.3 Å². The molecule has 0 radical (unpaired) electrons. The number of hydrogen-bond acceptors (Lipinski definition) is 6. The van der Waals surface area contributed by atoms with Gasteiger partial charge in [0.2, 0.25) is 11.9 Å². The van der Waals surface area contributed by atoms with Crippen LogP contribution in [0.1, 0.15) is 37.7 Å². The van der Waals surface area contributed by atoms with Crippen LogP contribution in [-0.4, -0.2) is 60.1 Å². The van der Waals surface area contributed by atoms with E-state index in [1.54, 1.807) is 19.5 Å². The van der Waals surface area contributed by atoms with Crippen molar-refractivity contribution in [2.75, 3.05) is 38.2 Å². The van der Waals surface area contributed by atoms with E-state index in [1.165, 1.54) is 5.56 Å². The Labute approximate surface area is 184 Å². The van der Waals surface area contributed by atoms with Gasteiger partial charge in [-0.05, 0) is 61.9 Å². The second kappa shape index (κ2) is 10.6. The fourth-order valence-electron chi connectivity index (χ4n) is 4.76. The van der Waals surface area contributed by atoms with Crippen molar-refractivity contribution in [2.24, 2.45) is 5.92 Å². The topological polar surface area (TPSA) is 70.6 Å². The van der Waals surface area contributed by atoms with Crippen molar-refractivity contribution >= 4 is 11.9 Å². The highest BCUT2D eigenvalue weighted by molar-refractivity contribution is 5.78. The van der Waals surface area contributed by atoms with Gasteiger partial charge in [0.25, 0.3) is 0 Å². The summed E-state index contributed by atoms with van der Waals surface area (Å²) in [5, 5.41) is 3.53. The summed E-state index contributed by atoms with van der Waals surface area (Å²) in [5.74, 6) is 2.48. The number of ether oxygens (including phenoxy) is 1. The van der Waals surface area contributed by atoms with Crippen LogP contribution >= 0.6 is 0 Å². The Kier molecular flexibility index (Phi) is 7.35. The summed E-state index contributed by atoms with van der Waals surface area (Å²) in [6.45, 7) is 4.48. The number of piperidine rings is 1. The molecule has 2 atom stereocenters. The van der Waals surface area contributed by atoms with Gasteiger partial charge in [0.1, 0.15) is 5.75 Å². The van der Waals surface area contributed by atoms with E-state index < -0.39 is 0 Å². The second-order valence-electron chi connectivity index (χ2n) is 8.56. The van der Waals surface area contributed by atoms with Crippen molar-refractivity contribution in [1.29, 1.82) is 0 Å². The van der Waals surface area contributed by atoms with Gasteiger partial charge in [0, 0.05) is 51.0 Å². The maximum Gasteiger partial charge on any atom is 0.225 e. The minimum atomic E-state index is 0.311. The average molecular weight is 424 g/mol. The van der Waals surface area contributed by atoms with Gasteiger partial charge in [-0.3, -0.25) is 4.79 Å². The molecule has 1 N–H and O–H groups in total. The average Bonchev–Trinajstić information content (AvgIpc) is 3.16. The number of carbonyl (C=O) groups is 1. The summed E-state index contributed by atoms with van der Waals surface area (Å²) in [7, 11) is 1.69. The van der Waals surface area contributed by atoms with Crippen LogP contribution in [0.3, 0.4) is 0 Å². The Morgan fingerprint density at radius 1 is 1.19 bits per heavy atom. The molecule has 2 unspecified atom stereocenters. The van der Waals surface area contributed by atoms with Crippen LogP contribution in [0, 0.1) is 5.92 Å². The highest BCUT2D eigenvalue weighted by Crippen LogP contribution is 2.27. The first kappa shape index (κ1) is 21.6. The fraction of sp³-hybridized carbons (Fsp3) is 0.542. The highest BCUT2D eigenvalue weighted by Gasteiger charge is 2.33. The van der Waals surface area contributed by atoms with Crippen LogP contribution in [0.25, 0.3) is 0 Å². The Morgan fingerprint density at radius 2 is 2.06 bits per heavy atom. The predicted molar refractivity (Wildman–Crippen MR) is 121 cm³/mol. The fourth-order valence-corrected chi connectivity index (χ4v) is 4.76. The number of aromatic nitrogens is 2. The second-order valence-corrected chi connectivity index (χ2v) is 8.56. The molecule has 1 aromatic heterocycles. The van der Waals surface area contributed by atoms with Crippen LogP contribution in [0.15, 0.2) is 42.7 Å². The summed E-state index contributed by atoms with van der Waals surface area (Å²) in [5.41, 5.74) is 1.21. The van der Waals surface area contributed by atoms with Gasteiger partial charge in [0.05, 0.1) is 7.11 Å². The van der Waals surface area contributed by atoms with E-state index in [0.29, 0.717) is 24.3 Å². The normalized spacial score (nSPS) is 21.5. The maximum absolute atomic E-state index is 12.6. The predicted octanol–water partition coefficient (Wildman–Crippen LogP) is 2.87. The number of rotatable bonds is 9. The number of likely N-dealkylation sites (tertiary alicyclic amines) is 1. The molecule has 2 aliphatic rings. The third-order valence-corrected chi connectivity index (χ3v) is 6.38. The van der Waals surface area contributed by atoms with Crippen molar-refractivity contribution < 1.29 is 9.53 Å². The molecule has 166 valence electrons. The number of methoxy groups -OCH3 is 1. The molecule has 7 nitrogen and oxygen atoms in total. The SMILES string of the molecule is COc1cccc(CNCCC2CCC(=O)N2CC2CCCN(c3ncccn3)C2)c1. The summed E-state index contributed by atoms with van der Waals surface area (Å²) in [4.78, 5) is 25.8. The zero-order valence-electron chi connectivity index (χ0n) is 18.4. The molecule has 1 amide bonds. The Morgan fingerprint density at radius 3 is 2.90 bits per heavy atom. The first-order valence-electron chi connectivity index (χ1n) is 11.4. The van der Waals surface area contributed by atoms with Crippen LogP contribution < -0.4 is 15.0 Å². The van der Waals surface area contributed by atoms with Crippen LogP contribution in [0.5, 0.6) is 5.75 Å². The summed E-state index contributed by atoms with van der Waals surface area (Å²) in [6, 6.07) is 10.3.